The first-order chi connectivity index (χ1) is 16.7. The molecule has 2 N–H and O–H groups in total. The number of anilines is 1. The molecule has 34 heavy (non-hydrogen) atoms. The summed E-state index contributed by atoms with van der Waals surface area (Å²) in [6.45, 7) is 0. The van der Waals surface area contributed by atoms with Crippen molar-refractivity contribution in [2.45, 2.75) is 0 Å². The predicted octanol–water partition coefficient (Wildman–Crippen LogP) is 7.60. The summed E-state index contributed by atoms with van der Waals surface area (Å²) in [5.74, 6) is -0.0671. The van der Waals surface area contributed by atoms with E-state index in [-0.39, 0.29) is 5.78 Å². The average Bonchev–Trinajstić information content (AvgIpc) is 3.37. The summed E-state index contributed by atoms with van der Waals surface area (Å²) < 4.78 is 0. The molecule has 0 saturated carbocycles. The monoisotopic (exact) mass is 456 g/mol. The van der Waals surface area contributed by atoms with Crippen LogP contribution in [0.3, 0.4) is 0 Å². The highest BCUT2D eigenvalue weighted by atomic mass is 32.1. The second-order valence-electron chi connectivity index (χ2n) is 8.25. The Hall–Kier alpha value is -4.28. The SMILES string of the molecule is Nc1cc2cc(-c3cnc4sccc4c3-c3ccccc3)ccc2cc1C(=O)c1ccccc1. The van der Waals surface area contributed by atoms with Crippen LogP contribution in [0.15, 0.2) is 109 Å². The molecule has 3 nitrogen and oxygen atoms in total. The lowest BCUT2D eigenvalue weighted by atomic mass is 9.92. The largest absolute Gasteiger partial charge is 0.398 e. The zero-order chi connectivity index (χ0) is 23.1. The van der Waals surface area contributed by atoms with Crippen molar-refractivity contribution in [1.82, 2.24) is 4.98 Å². The molecule has 0 fully saturated rings. The van der Waals surface area contributed by atoms with Gasteiger partial charge in [-0.2, -0.15) is 0 Å². The van der Waals surface area contributed by atoms with Crippen LogP contribution in [0.4, 0.5) is 5.69 Å². The number of hydrogen-bond acceptors (Lipinski definition) is 4. The molecule has 2 aromatic heterocycles. The molecule has 0 aliphatic carbocycles. The van der Waals surface area contributed by atoms with Gasteiger partial charge in [0.25, 0.3) is 0 Å². The smallest absolute Gasteiger partial charge is 0.195 e. The molecule has 6 aromatic rings. The molecule has 4 aromatic carbocycles. The van der Waals surface area contributed by atoms with Crippen LogP contribution in [0, 0.1) is 0 Å². The van der Waals surface area contributed by atoms with E-state index in [0.717, 1.165) is 37.7 Å². The predicted molar refractivity (Wildman–Crippen MR) is 142 cm³/mol. The van der Waals surface area contributed by atoms with Gasteiger partial charge in [-0.05, 0) is 51.5 Å². The van der Waals surface area contributed by atoms with E-state index in [1.54, 1.807) is 11.3 Å². The number of carbonyl (C=O) groups is 1. The van der Waals surface area contributed by atoms with Crippen molar-refractivity contribution in [3.8, 4) is 22.3 Å². The van der Waals surface area contributed by atoms with Crippen molar-refractivity contribution < 1.29 is 4.79 Å². The topological polar surface area (TPSA) is 56.0 Å². The van der Waals surface area contributed by atoms with Gasteiger partial charge in [0.1, 0.15) is 4.83 Å². The Morgan fingerprint density at radius 2 is 1.53 bits per heavy atom. The van der Waals surface area contributed by atoms with Gasteiger partial charge >= 0.3 is 0 Å². The van der Waals surface area contributed by atoms with E-state index < -0.39 is 0 Å². The highest BCUT2D eigenvalue weighted by Crippen LogP contribution is 2.39. The van der Waals surface area contributed by atoms with Crippen molar-refractivity contribution in [2.24, 2.45) is 0 Å². The van der Waals surface area contributed by atoms with Crippen LogP contribution >= 0.6 is 11.3 Å². The molecule has 0 bridgehead atoms. The summed E-state index contributed by atoms with van der Waals surface area (Å²) in [4.78, 5) is 18.8. The van der Waals surface area contributed by atoms with Gasteiger partial charge in [0.15, 0.2) is 5.78 Å². The number of nitrogen functional groups attached to an aromatic ring is 1. The molecule has 0 spiro atoms. The lowest BCUT2D eigenvalue weighted by Crippen LogP contribution is -2.05. The van der Waals surface area contributed by atoms with Crippen LogP contribution in [-0.2, 0) is 0 Å². The van der Waals surface area contributed by atoms with Crippen LogP contribution in [-0.4, -0.2) is 10.8 Å². The van der Waals surface area contributed by atoms with Gasteiger partial charge < -0.3 is 5.73 Å². The molecule has 4 heteroatoms. The van der Waals surface area contributed by atoms with Crippen molar-refractivity contribution in [1.29, 1.82) is 0 Å². The maximum atomic E-state index is 13.0. The van der Waals surface area contributed by atoms with Crippen LogP contribution in [0.25, 0.3) is 43.2 Å². The number of nitrogens with two attached hydrogens (primary N) is 1. The lowest BCUT2D eigenvalue weighted by Gasteiger charge is -2.13. The van der Waals surface area contributed by atoms with Crippen molar-refractivity contribution >= 4 is 43.8 Å². The zero-order valence-electron chi connectivity index (χ0n) is 18.2. The maximum absolute atomic E-state index is 13.0. The Labute approximate surface area is 201 Å². The van der Waals surface area contributed by atoms with Gasteiger partial charge in [-0.25, -0.2) is 4.98 Å². The molecule has 0 aliphatic heterocycles. The first-order valence-corrected chi connectivity index (χ1v) is 11.9. The van der Waals surface area contributed by atoms with E-state index in [9.17, 15) is 4.79 Å². The van der Waals surface area contributed by atoms with Crippen LogP contribution < -0.4 is 5.73 Å². The number of hydrogen-bond donors (Lipinski definition) is 1. The quantitative estimate of drug-likeness (QED) is 0.219. The first-order valence-electron chi connectivity index (χ1n) is 11.0. The summed E-state index contributed by atoms with van der Waals surface area (Å²) in [6, 6.07) is 31.9. The van der Waals surface area contributed by atoms with Gasteiger partial charge in [0, 0.05) is 39.5 Å². The van der Waals surface area contributed by atoms with E-state index in [2.05, 4.69) is 53.9 Å². The lowest BCUT2D eigenvalue weighted by molar-refractivity contribution is 0.103. The second kappa shape index (κ2) is 8.25. The number of aromatic nitrogens is 1. The van der Waals surface area contributed by atoms with Crippen molar-refractivity contribution in [3.05, 3.63) is 120 Å². The maximum Gasteiger partial charge on any atom is 0.195 e. The van der Waals surface area contributed by atoms with Crippen LogP contribution in [0.2, 0.25) is 0 Å². The third-order valence-electron chi connectivity index (χ3n) is 6.16. The fraction of sp³-hybridized carbons (Fsp3) is 0. The number of pyridine rings is 1. The number of rotatable bonds is 4. The molecule has 0 saturated heterocycles. The van der Waals surface area contributed by atoms with Gasteiger partial charge in [0.05, 0.1) is 0 Å². The number of benzene rings is 4. The molecule has 0 radical (unpaired) electrons. The number of carbonyl (C=O) groups excluding carboxylic acids is 1. The summed E-state index contributed by atoms with van der Waals surface area (Å²) in [6.07, 6.45) is 1.96. The number of nitrogens with zero attached hydrogens (tertiary/aromatic N) is 1. The molecule has 0 unspecified atom stereocenters. The molecular weight excluding hydrogens is 436 g/mol. The minimum Gasteiger partial charge on any atom is -0.398 e. The molecule has 0 aliphatic rings. The second-order valence-corrected chi connectivity index (χ2v) is 9.14. The van der Waals surface area contributed by atoms with Gasteiger partial charge in [-0.1, -0.05) is 72.8 Å². The first kappa shape index (κ1) is 20.3. The van der Waals surface area contributed by atoms with E-state index in [4.69, 9.17) is 10.7 Å². The normalized spacial score (nSPS) is 11.2. The molecule has 0 atom stereocenters. The molecule has 162 valence electrons. The number of thiophene rings is 1. The van der Waals surface area contributed by atoms with E-state index in [1.165, 1.54) is 5.56 Å². The number of ketones is 1. The highest BCUT2D eigenvalue weighted by molar-refractivity contribution is 7.16. The van der Waals surface area contributed by atoms with Gasteiger partial charge in [0.2, 0.25) is 0 Å². The molecule has 0 amide bonds. The minimum atomic E-state index is -0.0671. The Balaban J connectivity index is 1.50. The third-order valence-corrected chi connectivity index (χ3v) is 6.98. The van der Waals surface area contributed by atoms with Gasteiger partial charge in [-0.15, -0.1) is 11.3 Å². The fourth-order valence-electron chi connectivity index (χ4n) is 4.48. The molecular formula is C30H20N2OS. The standard InChI is InChI=1S/C30H20N2OS/c31-27-17-23-15-22(12-11-21(23)16-25(27)29(33)20-9-5-2-6-10-20)26-18-32-30-24(13-14-34-30)28(26)19-7-3-1-4-8-19/h1-18H,31H2. The number of fused-ring (bicyclic) bond motifs is 2. The van der Waals surface area contributed by atoms with Crippen LogP contribution in [0.5, 0.6) is 0 Å². The van der Waals surface area contributed by atoms with Gasteiger partial charge in [-0.3, -0.25) is 4.79 Å². The summed E-state index contributed by atoms with van der Waals surface area (Å²) in [5.41, 5.74) is 12.5. The summed E-state index contributed by atoms with van der Waals surface area (Å²) in [5, 5.41) is 5.20. The Morgan fingerprint density at radius 1 is 0.765 bits per heavy atom. The third kappa shape index (κ3) is 3.45. The Bertz CT molecular complexity index is 1670. The highest BCUT2D eigenvalue weighted by Gasteiger charge is 2.16. The minimum absolute atomic E-state index is 0.0671. The summed E-state index contributed by atoms with van der Waals surface area (Å²) >= 11 is 1.65. The van der Waals surface area contributed by atoms with Crippen molar-refractivity contribution in [2.75, 3.05) is 5.73 Å². The van der Waals surface area contributed by atoms with Crippen molar-refractivity contribution in [3.63, 3.8) is 0 Å². The van der Waals surface area contributed by atoms with E-state index in [1.807, 2.05) is 54.7 Å². The van der Waals surface area contributed by atoms with Crippen LogP contribution in [0.1, 0.15) is 15.9 Å². The average molecular weight is 457 g/mol. The molecule has 2 heterocycles. The van der Waals surface area contributed by atoms with E-state index in [0.29, 0.717) is 16.8 Å². The Kier molecular flexibility index (Phi) is 4.93. The van der Waals surface area contributed by atoms with E-state index >= 15 is 0 Å². The fourth-order valence-corrected chi connectivity index (χ4v) is 5.23. The Morgan fingerprint density at radius 3 is 2.32 bits per heavy atom. The zero-order valence-corrected chi connectivity index (χ0v) is 19.0. The summed E-state index contributed by atoms with van der Waals surface area (Å²) in [7, 11) is 0. The molecule has 6 rings (SSSR count).